The molecule has 3 aromatic rings. The Labute approximate surface area is 173 Å². The largest absolute Gasteiger partial charge is 0.135 e. The van der Waals surface area contributed by atoms with Crippen molar-refractivity contribution in [3.8, 4) is 21.6 Å². The minimum Gasteiger partial charge on any atom is -0.135 e. The second-order valence-electron chi connectivity index (χ2n) is 5.59. The Morgan fingerprint density at radius 2 is 1.56 bits per heavy atom. The summed E-state index contributed by atoms with van der Waals surface area (Å²) in [6.45, 7) is 15.6. The van der Waals surface area contributed by atoms with Crippen molar-refractivity contribution in [3.63, 3.8) is 0 Å². The molecule has 1 aromatic heterocycles. The van der Waals surface area contributed by atoms with Gasteiger partial charge >= 0.3 is 0 Å². The molecule has 0 bridgehead atoms. The molecule has 27 heavy (non-hydrogen) atoms. The van der Waals surface area contributed by atoms with Crippen LogP contribution in [-0.4, -0.2) is 0 Å². The zero-order valence-corrected chi connectivity index (χ0v) is 18.3. The van der Waals surface area contributed by atoms with Crippen molar-refractivity contribution in [2.75, 3.05) is 0 Å². The highest BCUT2D eigenvalue weighted by Crippen LogP contribution is 2.41. The van der Waals surface area contributed by atoms with E-state index in [0.717, 1.165) is 11.4 Å². The Kier molecular flexibility index (Phi) is 10.5. The standard InChI is InChI=1S/C20H17ClS.C3H6.C2H6/c1-3-14(2)20-18(15-7-5-4-6-8-15)13-19(22-20)16-9-11-17(21)12-10-16;1-3-2;1-2/h4-13H,2-3H2,1H3;3H,1H2,2H3;1-2H3. The molecule has 2 heteroatoms. The predicted octanol–water partition coefficient (Wildman–Crippen LogP) is 9.38. The van der Waals surface area contributed by atoms with Crippen molar-refractivity contribution in [3.05, 3.63) is 89.8 Å². The highest BCUT2D eigenvalue weighted by atomic mass is 35.5. The van der Waals surface area contributed by atoms with Gasteiger partial charge in [-0.15, -0.1) is 17.9 Å². The smallest absolute Gasteiger partial charge is 0.0406 e. The maximum atomic E-state index is 5.99. The fraction of sp³-hybridized carbons (Fsp3) is 0.200. The Balaban J connectivity index is 0.000000665. The molecule has 0 amide bonds. The first-order valence-corrected chi connectivity index (χ1v) is 10.5. The lowest BCUT2D eigenvalue weighted by atomic mass is 10.0. The molecule has 0 N–H and O–H groups in total. The van der Waals surface area contributed by atoms with E-state index >= 15 is 0 Å². The molecule has 0 spiro atoms. The van der Waals surface area contributed by atoms with Gasteiger partial charge in [-0.2, -0.15) is 0 Å². The molecule has 2 aromatic carbocycles. The normalized spacial score (nSPS) is 9.37. The molecule has 0 aliphatic rings. The summed E-state index contributed by atoms with van der Waals surface area (Å²) in [4.78, 5) is 2.53. The molecule has 1 heterocycles. The zero-order valence-electron chi connectivity index (χ0n) is 16.8. The SMILES string of the molecule is C=C(CC)c1sc(-c2ccc(Cl)cc2)cc1-c1ccccc1.C=CC.CC. The summed E-state index contributed by atoms with van der Waals surface area (Å²) in [6, 6.07) is 20.8. The third-order valence-corrected chi connectivity index (χ3v) is 5.23. The summed E-state index contributed by atoms with van der Waals surface area (Å²) in [6.07, 6.45) is 2.71. The maximum Gasteiger partial charge on any atom is 0.0406 e. The van der Waals surface area contributed by atoms with Gasteiger partial charge in [0.1, 0.15) is 0 Å². The molecule has 0 aliphatic heterocycles. The van der Waals surface area contributed by atoms with Gasteiger partial charge in [0.2, 0.25) is 0 Å². The van der Waals surface area contributed by atoms with Gasteiger partial charge in [0.25, 0.3) is 0 Å². The summed E-state index contributed by atoms with van der Waals surface area (Å²) in [5, 5.41) is 0.766. The molecular formula is C25H29ClS. The van der Waals surface area contributed by atoms with E-state index in [1.54, 1.807) is 17.4 Å². The number of allylic oxidation sites excluding steroid dienone is 2. The first-order valence-electron chi connectivity index (χ1n) is 9.31. The first-order chi connectivity index (χ1) is 13.1. The van der Waals surface area contributed by atoms with Crippen LogP contribution in [0.25, 0.3) is 27.1 Å². The highest BCUT2D eigenvalue weighted by Gasteiger charge is 2.13. The van der Waals surface area contributed by atoms with Gasteiger partial charge in [0, 0.05) is 20.3 Å². The molecule has 0 aliphatic carbocycles. The lowest BCUT2D eigenvalue weighted by molar-refractivity contribution is 1.26. The molecule has 0 saturated carbocycles. The monoisotopic (exact) mass is 396 g/mol. The first kappa shape index (κ1) is 23.0. The topological polar surface area (TPSA) is 0 Å². The second-order valence-corrected chi connectivity index (χ2v) is 7.08. The number of hydrogen-bond donors (Lipinski definition) is 0. The number of benzene rings is 2. The highest BCUT2D eigenvalue weighted by molar-refractivity contribution is 7.17. The van der Waals surface area contributed by atoms with Crippen LogP contribution in [0.1, 0.15) is 39.0 Å². The van der Waals surface area contributed by atoms with Gasteiger partial charge in [0.15, 0.2) is 0 Å². The molecule has 0 radical (unpaired) electrons. The quantitative estimate of drug-likeness (QED) is 0.385. The van der Waals surface area contributed by atoms with Crippen molar-refractivity contribution >= 4 is 28.5 Å². The summed E-state index contributed by atoms with van der Waals surface area (Å²) in [7, 11) is 0. The molecule has 0 atom stereocenters. The molecule has 0 unspecified atom stereocenters. The van der Waals surface area contributed by atoms with E-state index < -0.39 is 0 Å². The number of thiophene rings is 1. The maximum absolute atomic E-state index is 5.99. The van der Waals surface area contributed by atoms with Gasteiger partial charge in [0.05, 0.1) is 0 Å². The van der Waals surface area contributed by atoms with E-state index in [2.05, 4.69) is 62.5 Å². The lowest BCUT2D eigenvalue weighted by Crippen LogP contribution is -1.80. The van der Waals surface area contributed by atoms with E-state index in [1.807, 2.05) is 39.0 Å². The van der Waals surface area contributed by atoms with E-state index in [0.29, 0.717) is 0 Å². The second kappa shape index (κ2) is 12.3. The molecule has 3 rings (SSSR count). The van der Waals surface area contributed by atoms with Crippen LogP contribution in [0.5, 0.6) is 0 Å². The molecular weight excluding hydrogens is 368 g/mol. The number of hydrogen-bond acceptors (Lipinski definition) is 1. The molecule has 0 fully saturated rings. The van der Waals surface area contributed by atoms with Gasteiger partial charge in [-0.3, -0.25) is 0 Å². The van der Waals surface area contributed by atoms with Crippen LogP contribution in [-0.2, 0) is 0 Å². The predicted molar refractivity (Wildman–Crippen MR) is 127 cm³/mol. The van der Waals surface area contributed by atoms with Crippen molar-refractivity contribution < 1.29 is 0 Å². The fourth-order valence-corrected chi connectivity index (χ4v) is 3.75. The van der Waals surface area contributed by atoms with Crippen LogP contribution in [0.3, 0.4) is 0 Å². The van der Waals surface area contributed by atoms with Crippen LogP contribution in [0.15, 0.2) is 79.9 Å². The molecule has 0 nitrogen and oxygen atoms in total. The third kappa shape index (κ3) is 6.53. The Hall–Kier alpha value is -2.09. The van der Waals surface area contributed by atoms with Gasteiger partial charge in [-0.25, -0.2) is 0 Å². The molecule has 142 valence electrons. The van der Waals surface area contributed by atoms with Crippen LogP contribution < -0.4 is 0 Å². The number of halogens is 1. The minimum atomic E-state index is 0.766. The van der Waals surface area contributed by atoms with Crippen molar-refractivity contribution in [1.82, 2.24) is 0 Å². The Bertz CT molecular complexity index is 827. The minimum absolute atomic E-state index is 0.766. The van der Waals surface area contributed by atoms with Gasteiger partial charge in [-0.05, 0) is 48.2 Å². The summed E-state index contributed by atoms with van der Waals surface area (Å²) in [5.41, 5.74) is 4.89. The van der Waals surface area contributed by atoms with Gasteiger partial charge < -0.3 is 0 Å². The van der Waals surface area contributed by atoms with E-state index in [9.17, 15) is 0 Å². The average molecular weight is 397 g/mol. The van der Waals surface area contributed by atoms with Crippen LogP contribution in [0.4, 0.5) is 0 Å². The summed E-state index contributed by atoms with van der Waals surface area (Å²) >= 11 is 7.80. The van der Waals surface area contributed by atoms with Crippen LogP contribution in [0.2, 0.25) is 5.02 Å². The van der Waals surface area contributed by atoms with Gasteiger partial charge in [-0.1, -0.05) is 87.5 Å². The Morgan fingerprint density at radius 1 is 1.00 bits per heavy atom. The number of rotatable bonds is 4. The van der Waals surface area contributed by atoms with Crippen molar-refractivity contribution in [2.24, 2.45) is 0 Å². The zero-order chi connectivity index (χ0) is 20.2. The van der Waals surface area contributed by atoms with Crippen LogP contribution in [0, 0.1) is 0 Å². The van der Waals surface area contributed by atoms with E-state index in [1.165, 1.54) is 32.0 Å². The average Bonchev–Trinajstić information content (AvgIpc) is 3.16. The Morgan fingerprint density at radius 3 is 2.07 bits per heavy atom. The summed E-state index contributed by atoms with van der Waals surface area (Å²) < 4.78 is 0. The summed E-state index contributed by atoms with van der Waals surface area (Å²) in [5.74, 6) is 0. The third-order valence-electron chi connectivity index (χ3n) is 3.69. The van der Waals surface area contributed by atoms with Crippen molar-refractivity contribution in [2.45, 2.75) is 34.1 Å². The fourth-order valence-electron chi connectivity index (χ4n) is 2.40. The van der Waals surface area contributed by atoms with Crippen molar-refractivity contribution in [1.29, 1.82) is 0 Å². The van der Waals surface area contributed by atoms with E-state index in [4.69, 9.17) is 11.6 Å². The lowest BCUT2D eigenvalue weighted by Gasteiger charge is -2.04. The molecule has 0 saturated heterocycles. The van der Waals surface area contributed by atoms with Crippen LogP contribution >= 0.6 is 22.9 Å². The van der Waals surface area contributed by atoms with E-state index in [-0.39, 0.29) is 0 Å².